The number of rotatable bonds is 5. The molecule has 0 saturated carbocycles. The monoisotopic (exact) mass is 328 g/mol. The number of hydrogen-bond acceptors (Lipinski definition) is 5. The smallest absolute Gasteiger partial charge is 0.270 e. The van der Waals surface area contributed by atoms with E-state index in [0.717, 1.165) is 11.3 Å². The summed E-state index contributed by atoms with van der Waals surface area (Å²) in [6.45, 7) is 1.78. The van der Waals surface area contributed by atoms with E-state index < -0.39 is 5.60 Å². The second-order valence-electron chi connectivity index (χ2n) is 5.32. The van der Waals surface area contributed by atoms with Crippen molar-refractivity contribution in [2.75, 3.05) is 6.54 Å². The Morgan fingerprint density at radius 2 is 2.30 bits per heavy atom. The van der Waals surface area contributed by atoms with E-state index in [9.17, 15) is 9.90 Å². The Hall–Kier alpha value is -2.51. The Kier molecular flexibility index (Phi) is 4.22. The zero-order valence-corrected chi connectivity index (χ0v) is 13.3. The van der Waals surface area contributed by atoms with Crippen molar-refractivity contribution in [3.05, 3.63) is 64.9 Å². The number of nitrogens with one attached hydrogen (secondary N) is 1. The first-order chi connectivity index (χ1) is 11.1. The van der Waals surface area contributed by atoms with Crippen LogP contribution in [0.4, 0.5) is 0 Å². The predicted octanol–water partition coefficient (Wildman–Crippen LogP) is 1.97. The molecule has 0 aromatic carbocycles. The molecule has 0 radical (unpaired) electrons. The van der Waals surface area contributed by atoms with Crippen LogP contribution in [0.15, 0.2) is 53.6 Å². The van der Waals surface area contributed by atoms with E-state index in [1.807, 2.05) is 16.8 Å². The van der Waals surface area contributed by atoms with Crippen LogP contribution in [0, 0.1) is 0 Å². The van der Waals surface area contributed by atoms with Crippen LogP contribution in [0.25, 0.3) is 5.69 Å². The van der Waals surface area contributed by atoms with Gasteiger partial charge < -0.3 is 10.4 Å². The third kappa shape index (κ3) is 3.46. The molecule has 0 spiro atoms. The summed E-state index contributed by atoms with van der Waals surface area (Å²) in [4.78, 5) is 16.4. The molecule has 3 rings (SSSR count). The number of carbonyl (C=O) groups is 1. The summed E-state index contributed by atoms with van der Waals surface area (Å²) in [5, 5.41) is 21.0. The Morgan fingerprint density at radius 1 is 1.43 bits per heavy atom. The first kappa shape index (κ1) is 15.4. The van der Waals surface area contributed by atoms with Crippen molar-refractivity contribution < 1.29 is 9.90 Å². The van der Waals surface area contributed by atoms with E-state index in [1.165, 1.54) is 11.3 Å². The lowest BCUT2D eigenvalue weighted by Crippen LogP contribution is -2.38. The largest absolute Gasteiger partial charge is 0.384 e. The number of nitrogens with zero attached hydrogens (tertiary/aromatic N) is 3. The van der Waals surface area contributed by atoms with Crippen LogP contribution < -0.4 is 5.32 Å². The average molecular weight is 328 g/mol. The summed E-state index contributed by atoms with van der Waals surface area (Å²) >= 11 is 1.50. The van der Waals surface area contributed by atoms with Crippen LogP contribution in [0.2, 0.25) is 0 Å². The van der Waals surface area contributed by atoms with Gasteiger partial charge in [0.1, 0.15) is 11.3 Å². The Labute approximate surface area is 137 Å². The summed E-state index contributed by atoms with van der Waals surface area (Å²) in [5.41, 5.74) is 0.690. The number of carbonyl (C=O) groups excluding carboxylic acids is 1. The molecule has 1 atom stereocenters. The molecule has 0 bridgehead atoms. The Balaban J connectivity index is 1.70. The first-order valence-electron chi connectivity index (χ1n) is 7.05. The fourth-order valence-electron chi connectivity index (χ4n) is 2.12. The van der Waals surface area contributed by atoms with Gasteiger partial charge in [-0.25, -0.2) is 4.68 Å². The molecule has 3 aromatic rings. The number of pyridine rings is 1. The molecule has 118 valence electrons. The van der Waals surface area contributed by atoms with Crippen molar-refractivity contribution in [3.8, 4) is 5.69 Å². The van der Waals surface area contributed by atoms with Crippen LogP contribution in [0.1, 0.15) is 23.0 Å². The lowest BCUT2D eigenvalue weighted by molar-refractivity contribution is 0.0528. The van der Waals surface area contributed by atoms with Gasteiger partial charge in [0, 0.05) is 18.6 Å². The second-order valence-corrected chi connectivity index (χ2v) is 6.10. The van der Waals surface area contributed by atoms with E-state index in [4.69, 9.17) is 0 Å². The zero-order valence-electron chi connectivity index (χ0n) is 12.5. The lowest BCUT2D eigenvalue weighted by atomic mass is 9.99. The Bertz CT molecular complexity index is 782. The molecule has 1 amide bonds. The van der Waals surface area contributed by atoms with Crippen molar-refractivity contribution in [1.82, 2.24) is 20.1 Å². The molecule has 6 nitrogen and oxygen atoms in total. The van der Waals surface area contributed by atoms with Crippen LogP contribution in [-0.4, -0.2) is 32.3 Å². The minimum absolute atomic E-state index is 0.107. The highest BCUT2D eigenvalue weighted by Gasteiger charge is 2.24. The predicted molar refractivity (Wildman–Crippen MR) is 87.6 cm³/mol. The summed E-state index contributed by atoms with van der Waals surface area (Å²) in [6, 6.07) is 7.07. The van der Waals surface area contributed by atoms with Gasteiger partial charge in [0.25, 0.3) is 5.91 Å². The fraction of sp³-hybridized carbons (Fsp3) is 0.188. The second kappa shape index (κ2) is 6.31. The lowest BCUT2D eigenvalue weighted by Gasteiger charge is -2.22. The van der Waals surface area contributed by atoms with Gasteiger partial charge in [-0.1, -0.05) is 0 Å². The fourth-order valence-corrected chi connectivity index (χ4v) is 2.91. The number of hydrogen-bond donors (Lipinski definition) is 2. The van der Waals surface area contributed by atoms with Gasteiger partial charge in [-0.05, 0) is 47.5 Å². The summed E-state index contributed by atoms with van der Waals surface area (Å²) in [5.74, 6) is -0.338. The molecule has 1 unspecified atom stereocenters. The molecule has 0 aliphatic rings. The van der Waals surface area contributed by atoms with Crippen LogP contribution in [0.5, 0.6) is 0 Å². The van der Waals surface area contributed by atoms with E-state index in [-0.39, 0.29) is 18.1 Å². The Morgan fingerprint density at radius 3 is 3.00 bits per heavy atom. The summed E-state index contributed by atoms with van der Waals surface area (Å²) in [7, 11) is 0. The van der Waals surface area contributed by atoms with Crippen molar-refractivity contribution in [1.29, 1.82) is 0 Å². The van der Waals surface area contributed by atoms with Gasteiger partial charge in [0.2, 0.25) is 0 Å². The number of amides is 1. The molecular formula is C16H16N4O2S. The highest BCUT2D eigenvalue weighted by molar-refractivity contribution is 7.08. The topological polar surface area (TPSA) is 80.0 Å². The van der Waals surface area contributed by atoms with Gasteiger partial charge in [-0.2, -0.15) is 16.4 Å². The maximum absolute atomic E-state index is 12.3. The molecular weight excluding hydrogens is 312 g/mol. The molecule has 7 heteroatoms. The maximum atomic E-state index is 12.3. The first-order valence-corrected chi connectivity index (χ1v) is 8.00. The quantitative estimate of drug-likeness (QED) is 0.750. The third-order valence-electron chi connectivity index (χ3n) is 3.48. The molecule has 0 saturated heterocycles. The van der Waals surface area contributed by atoms with Crippen LogP contribution in [0.3, 0.4) is 0 Å². The van der Waals surface area contributed by atoms with Crippen LogP contribution >= 0.6 is 11.3 Å². The minimum atomic E-state index is -1.12. The van der Waals surface area contributed by atoms with E-state index in [2.05, 4.69) is 15.4 Å². The van der Waals surface area contributed by atoms with Crippen molar-refractivity contribution in [2.45, 2.75) is 12.5 Å². The van der Waals surface area contributed by atoms with Gasteiger partial charge in [-0.15, -0.1) is 0 Å². The van der Waals surface area contributed by atoms with Crippen LogP contribution in [-0.2, 0) is 5.60 Å². The molecule has 23 heavy (non-hydrogen) atoms. The van der Waals surface area contributed by atoms with Gasteiger partial charge >= 0.3 is 0 Å². The van der Waals surface area contributed by atoms with Gasteiger partial charge in [0.15, 0.2) is 0 Å². The highest BCUT2D eigenvalue weighted by Crippen LogP contribution is 2.22. The highest BCUT2D eigenvalue weighted by atomic mass is 32.1. The molecule has 0 aliphatic heterocycles. The van der Waals surface area contributed by atoms with Gasteiger partial charge in [0.05, 0.1) is 12.2 Å². The summed E-state index contributed by atoms with van der Waals surface area (Å²) < 4.78 is 1.65. The molecule has 3 aromatic heterocycles. The minimum Gasteiger partial charge on any atom is -0.384 e. The average Bonchev–Trinajstić information content (AvgIpc) is 3.25. The standard InChI is InChI=1S/C16H16N4O2S/c1-16(22,12-4-8-23-10-12)11-18-15(21)14-9-13(3-6-17-14)20-7-2-5-19-20/h2-10,22H,11H2,1H3,(H,18,21). The maximum Gasteiger partial charge on any atom is 0.270 e. The van der Waals surface area contributed by atoms with E-state index in [0.29, 0.717) is 0 Å². The molecule has 0 fully saturated rings. The van der Waals surface area contributed by atoms with E-state index in [1.54, 1.807) is 48.4 Å². The number of aliphatic hydroxyl groups is 1. The number of thiophene rings is 1. The number of aromatic nitrogens is 3. The SMILES string of the molecule is CC(O)(CNC(=O)c1cc(-n2cccn2)ccn1)c1ccsc1. The normalized spacial score (nSPS) is 13.5. The molecule has 3 heterocycles. The summed E-state index contributed by atoms with van der Waals surface area (Å²) in [6.07, 6.45) is 5.01. The molecule has 0 aliphatic carbocycles. The van der Waals surface area contributed by atoms with Crippen molar-refractivity contribution in [3.63, 3.8) is 0 Å². The zero-order chi connectivity index (χ0) is 16.3. The van der Waals surface area contributed by atoms with Crippen molar-refractivity contribution in [2.24, 2.45) is 0 Å². The van der Waals surface area contributed by atoms with E-state index >= 15 is 0 Å². The van der Waals surface area contributed by atoms with Crippen molar-refractivity contribution >= 4 is 17.2 Å². The third-order valence-corrected chi connectivity index (χ3v) is 4.16. The molecule has 2 N–H and O–H groups in total. The van der Waals surface area contributed by atoms with Gasteiger partial charge in [-0.3, -0.25) is 9.78 Å².